The molecule has 1 aliphatic carbocycles. The molecule has 0 radical (unpaired) electrons. The van der Waals surface area contributed by atoms with E-state index in [-0.39, 0.29) is 12.0 Å². The molecule has 1 N–H and O–H groups in total. The zero-order valence-electron chi connectivity index (χ0n) is 11.5. The summed E-state index contributed by atoms with van der Waals surface area (Å²) in [6.45, 7) is 3.89. The van der Waals surface area contributed by atoms with Crippen LogP contribution in [0.25, 0.3) is 0 Å². The van der Waals surface area contributed by atoms with E-state index in [4.69, 9.17) is 4.74 Å². The number of carbonyl (C=O) groups is 1. The van der Waals surface area contributed by atoms with Crippen molar-refractivity contribution in [3.05, 3.63) is 0 Å². The molecule has 0 aromatic carbocycles. The first kappa shape index (κ1) is 13.8. The Hall–Kier alpha value is -0.610. The molecule has 2 rings (SSSR count). The van der Waals surface area contributed by atoms with Crippen molar-refractivity contribution in [3.8, 4) is 0 Å². The van der Waals surface area contributed by atoms with Gasteiger partial charge in [-0.15, -0.1) is 0 Å². The standard InChI is InChI=1S/C14H25NO3/c1-11(9-13(16)18-2)15-8-7-14(17)6-4-3-5-12(14)10-15/h11-12,17H,3-10H2,1-2H3. The van der Waals surface area contributed by atoms with Crippen molar-refractivity contribution in [2.45, 2.75) is 57.1 Å². The van der Waals surface area contributed by atoms with E-state index < -0.39 is 5.60 Å². The summed E-state index contributed by atoms with van der Waals surface area (Å²) in [5.74, 6) is 0.243. The maximum absolute atomic E-state index is 11.3. The molecule has 0 spiro atoms. The largest absolute Gasteiger partial charge is 0.469 e. The molecule has 1 saturated heterocycles. The van der Waals surface area contributed by atoms with Gasteiger partial charge in [0, 0.05) is 25.0 Å². The summed E-state index contributed by atoms with van der Waals surface area (Å²) in [5, 5.41) is 10.6. The number of fused-ring (bicyclic) bond motifs is 1. The number of piperidine rings is 1. The first-order valence-corrected chi connectivity index (χ1v) is 7.08. The average molecular weight is 255 g/mol. The molecule has 2 fully saturated rings. The van der Waals surface area contributed by atoms with E-state index in [1.807, 2.05) is 0 Å². The predicted molar refractivity (Wildman–Crippen MR) is 69.2 cm³/mol. The first-order chi connectivity index (χ1) is 8.55. The van der Waals surface area contributed by atoms with Gasteiger partial charge in [0.1, 0.15) is 0 Å². The van der Waals surface area contributed by atoms with E-state index >= 15 is 0 Å². The number of hydrogen-bond acceptors (Lipinski definition) is 4. The van der Waals surface area contributed by atoms with Crippen LogP contribution in [0.15, 0.2) is 0 Å². The fourth-order valence-corrected chi connectivity index (χ4v) is 3.45. The molecular formula is C14H25NO3. The number of carbonyl (C=O) groups excluding carboxylic acids is 1. The van der Waals surface area contributed by atoms with Crippen molar-refractivity contribution in [2.24, 2.45) is 5.92 Å². The number of hydrogen-bond donors (Lipinski definition) is 1. The SMILES string of the molecule is COC(=O)CC(C)N1CCC2(O)CCCCC2C1. The van der Waals surface area contributed by atoms with E-state index in [2.05, 4.69) is 11.8 Å². The number of aliphatic hydroxyl groups is 1. The van der Waals surface area contributed by atoms with E-state index in [9.17, 15) is 9.90 Å². The van der Waals surface area contributed by atoms with Crippen LogP contribution >= 0.6 is 0 Å². The van der Waals surface area contributed by atoms with Crippen LogP contribution in [-0.4, -0.2) is 47.8 Å². The molecule has 4 nitrogen and oxygen atoms in total. The molecule has 2 aliphatic rings. The molecule has 104 valence electrons. The lowest BCUT2D eigenvalue weighted by atomic mass is 9.71. The Morgan fingerprint density at radius 1 is 1.50 bits per heavy atom. The smallest absolute Gasteiger partial charge is 0.307 e. The van der Waals surface area contributed by atoms with Crippen LogP contribution in [0.2, 0.25) is 0 Å². The van der Waals surface area contributed by atoms with Crippen LogP contribution in [0.3, 0.4) is 0 Å². The highest BCUT2D eigenvalue weighted by molar-refractivity contribution is 5.69. The predicted octanol–water partition coefficient (Wildman–Crippen LogP) is 1.56. The molecule has 0 bridgehead atoms. The molecule has 1 heterocycles. The molecule has 0 aromatic heterocycles. The Bertz CT molecular complexity index is 307. The van der Waals surface area contributed by atoms with Crippen molar-refractivity contribution in [3.63, 3.8) is 0 Å². The molecule has 3 atom stereocenters. The fourth-order valence-electron chi connectivity index (χ4n) is 3.45. The van der Waals surface area contributed by atoms with Gasteiger partial charge in [-0.25, -0.2) is 0 Å². The van der Waals surface area contributed by atoms with E-state index in [1.54, 1.807) is 0 Å². The van der Waals surface area contributed by atoms with Crippen molar-refractivity contribution in [1.82, 2.24) is 4.90 Å². The van der Waals surface area contributed by atoms with Crippen molar-refractivity contribution >= 4 is 5.97 Å². The lowest BCUT2D eigenvalue weighted by Crippen LogP contribution is -2.55. The molecule has 1 aliphatic heterocycles. The second-order valence-corrected chi connectivity index (χ2v) is 5.92. The van der Waals surface area contributed by atoms with Gasteiger partial charge in [0.15, 0.2) is 0 Å². The van der Waals surface area contributed by atoms with Crippen LogP contribution in [0.1, 0.15) is 45.4 Å². The van der Waals surface area contributed by atoms with Gasteiger partial charge in [-0.2, -0.15) is 0 Å². The summed E-state index contributed by atoms with van der Waals surface area (Å²) in [6, 6.07) is 0.212. The van der Waals surface area contributed by atoms with Gasteiger partial charge in [0.25, 0.3) is 0 Å². The third-order valence-corrected chi connectivity index (χ3v) is 4.77. The maximum atomic E-state index is 11.3. The third kappa shape index (κ3) is 2.86. The Balaban J connectivity index is 1.91. The van der Waals surface area contributed by atoms with Crippen LogP contribution < -0.4 is 0 Å². The highest BCUT2D eigenvalue weighted by Crippen LogP contribution is 2.40. The minimum Gasteiger partial charge on any atom is -0.469 e. The highest BCUT2D eigenvalue weighted by atomic mass is 16.5. The van der Waals surface area contributed by atoms with Crippen molar-refractivity contribution in [1.29, 1.82) is 0 Å². The average Bonchev–Trinajstić information content (AvgIpc) is 2.37. The number of ether oxygens (including phenoxy) is 1. The van der Waals surface area contributed by atoms with Gasteiger partial charge in [-0.05, 0) is 26.2 Å². The van der Waals surface area contributed by atoms with Crippen LogP contribution in [0.4, 0.5) is 0 Å². The number of likely N-dealkylation sites (tertiary alicyclic amines) is 1. The highest BCUT2D eigenvalue weighted by Gasteiger charge is 2.43. The van der Waals surface area contributed by atoms with Gasteiger partial charge in [-0.3, -0.25) is 9.69 Å². The summed E-state index contributed by atoms with van der Waals surface area (Å²) in [4.78, 5) is 13.6. The lowest BCUT2D eigenvalue weighted by Gasteiger charge is -2.48. The Morgan fingerprint density at radius 3 is 3.00 bits per heavy atom. The lowest BCUT2D eigenvalue weighted by molar-refractivity contribution is -0.143. The number of rotatable bonds is 3. The topological polar surface area (TPSA) is 49.8 Å². The Kier molecular flexibility index (Phi) is 4.28. The van der Waals surface area contributed by atoms with Gasteiger partial charge in [0.2, 0.25) is 0 Å². The normalized spacial score (nSPS) is 34.7. The number of nitrogens with zero attached hydrogens (tertiary/aromatic N) is 1. The molecule has 0 amide bonds. The van der Waals surface area contributed by atoms with Crippen LogP contribution in [0, 0.1) is 5.92 Å². The van der Waals surface area contributed by atoms with Crippen LogP contribution in [0.5, 0.6) is 0 Å². The fraction of sp³-hybridized carbons (Fsp3) is 0.929. The zero-order chi connectivity index (χ0) is 13.2. The summed E-state index contributed by atoms with van der Waals surface area (Å²) >= 11 is 0. The minimum absolute atomic E-state index is 0.146. The zero-order valence-corrected chi connectivity index (χ0v) is 11.5. The first-order valence-electron chi connectivity index (χ1n) is 7.08. The number of methoxy groups -OCH3 is 1. The van der Waals surface area contributed by atoms with Crippen molar-refractivity contribution in [2.75, 3.05) is 20.2 Å². The Labute approximate surface area is 109 Å². The molecule has 18 heavy (non-hydrogen) atoms. The van der Waals surface area contributed by atoms with E-state index in [0.717, 1.165) is 38.8 Å². The number of esters is 1. The summed E-state index contributed by atoms with van der Waals surface area (Å²) in [6.07, 6.45) is 5.76. The molecule has 4 heteroatoms. The summed E-state index contributed by atoms with van der Waals surface area (Å²) < 4.78 is 4.72. The monoisotopic (exact) mass is 255 g/mol. The summed E-state index contributed by atoms with van der Waals surface area (Å²) in [7, 11) is 1.44. The molecule has 3 unspecified atom stereocenters. The summed E-state index contributed by atoms with van der Waals surface area (Å²) in [5.41, 5.74) is -0.431. The molecule has 0 aromatic rings. The molecule has 1 saturated carbocycles. The second-order valence-electron chi connectivity index (χ2n) is 5.92. The van der Waals surface area contributed by atoms with E-state index in [1.165, 1.54) is 13.5 Å². The van der Waals surface area contributed by atoms with Gasteiger partial charge >= 0.3 is 5.97 Å². The van der Waals surface area contributed by atoms with Gasteiger partial charge < -0.3 is 9.84 Å². The van der Waals surface area contributed by atoms with E-state index in [0.29, 0.717) is 12.3 Å². The van der Waals surface area contributed by atoms with Gasteiger partial charge in [0.05, 0.1) is 19.1 Å². The second kappa shape index (κ2) is 5.57. The third-order valence-electron chi connectivity index (χ3n) is 4.77. The van der Waals surface area contributed by atoms with Gasteiger partial charge in [-0.1, -0.05) is 12.8 Å². The Morgan fingerprint density at radius 2 is 2.28 bits per heavy atom. The minimum atomic E-state index is -0.431. The molecular weight excluding hydrogens is 230 g/mol. The van der Waals surface area contributed by atoms with Crippen molar-refractivity contribution < 1.29 is 14.6 Å². The maximum Gasteiger partial charge on any atom is 0.307 e. The quantitative estimate of drug-likeness (QED) is 0.778. The van der Waals surface area contributed by atoms with Crippen LogP contribution in [-0.2, 0) is 9.53 Å².